The average molecular weight is 143 g/mol. The van der Waals surface area contributed by atoms with Crippen LogP contribution in [0.3, 0.4) is 0 Å². The van der Waals surface area contributed by atoms with Gasteiger partial charge in [0.25, 0.3) is 0 Å². The molecule has 0 radical (unpaired) electrons. The van der Waals surface area contributed by atoms with Gasteiger partial charge in [-0.05, 0) is 19.4 Å². The van der Waals surface area contributed by atoms with Crippen LogP contribution in [-0.2, 0) is 0 Å². The summed E-state index contributed by atoms with van der Waals surface area (Å²) in [5.41, 5.74) is 0. The topological polar surface area (TPSA) is 47.9 Å². The van der Waals surface area contributed by atoms with Crippen molar-refractivity contribution in [3.05, 3.63) is 0 Å². The zero-order valence-corrected chi connectivity index (χ0v) is 6.99. The maximum atomic E-state index is 7.03. The van der Waals surface area contributed by atoms with E-state index in [9.17, 15) is 0 Å². The minimum Gasteiger partial charge on any atom is -0.362 e. The monoisotopic (exact) mass is 143 g/mol. The van der Waals surface area contributed by atoms with E-state index in [0.717, 1.165) is 6.54 Å². The minimum atomic E-state index is 0.510. The van der Waals surface area contributed by atoms with Gasteiger partial charge in [0.15, 0.2) is 0 Å². The van der Waals surface area contributed by atoms with Gasteiger partial charge >= 0.3 is 0 Å². The third kappa shape index (κ3) is 7.43. The zero-order chi connectivity index (χ0) is 7.98. The van der Waals surface area contributed by atoms with Crippen LogP contribution < -0.4 is 10.6 Å². The van der Waals surface area contributed by atoms with Gasteiger partial charge in [0.1, 0.15) is 0 Å². The molecule has 0 aromatic rings. The summed E-state index contributed by atoms with van der Waals surface area (Å²) in [6.45, 7) is 7.75. The summed E-state index contributed by atoms with van der Waals surface area (Å²) in [4.78, 5) is 0. The number of hydrogen-bond donors (Lipinski definition) is 3. The first-order valence-electron chi connectivity index (χ1n) is 3.62. The number of nitrogens with one attached hydrogen (secondary N) is 3. The molecule has 0 atom stereocenters. The summed E-state index contributed by atoms with van der Waals surface area (Å²) in [5, 5.41) is 13.1. The molecule has 3 N–H and O–H groups in total. The Morgan fingerprint density at radius 1 is 1.50 bits per heavy atom. The summed E-state index contributed by atoms with van der Waals surface area (Å²) in [5.74, 6) is 1.18. The number of hydrogen-bond acceptors (Lipinski definition) is 2. The van der Waals surface area contributed by atoms with Gasteiger partial charge < -0.3 is 5.32 Å². The molecule has 0 spiro atoms. The second-order valence-corrected chi connectivity index (χ2v) is 2.83. The van der Waals surface area contributed by atoms with E-state index in [4.69, 9.17) is 5.41 Å². The minimum absolute atomic E-state index is 0.510. The molecule has 0 aliphatic rings. The van der Waals surface area contributed by atoms with E-state index < -0.39 is 0 Å². The normalized spacial score (nSPS) is 10.0. The molecule has 0 aliphatic heterocycles. The lowest BCUT2D eigenvalue weighted by molar-refractivity contribution is 0.545. The lowest BCUT2D eigenvalue weighted by Gasteiger charge is -2.07. The Kier molecular flexibility index (Phi) is 4.94. The van der Waals surface area contributed by atoms with Crippen LogP contribution in [0.2, 0.25) is 0 Å². The highest BCUT2D eigenvalue weighted by Crippen LogP contribution is 1.84. The quantitative estimate of drug-likeness (QED) is 0.236. The van der Waals surface area contributed by atoms with Gasteiger partial charge in [0.05, 0.1) is 12.5 Å². The molecular weight excluding hydrogens is 126 g/mol. The van der Waals surface area contributed by atoms with Gasteiger partial charge in [-0.2, -0.15) is 0 Å². The fourth-order valence-corrected chi connectivity index (χ4v) is 0.556. The molecule has 0 unspecified atom stereocenters. The number of rotatable bonds is 4. The first-order valence-corrected chi connectivity index (χ1v) is 3.62. The highest BCUT2D eigenvalue weighted by molar-refractivity contribution is 5.75. The fourth-order valence-electron chi connectivity index (χ4n) is 0.556. The second-order valence-electron chi connectivity index (χ2n) is 2.83. The summed E-state index contributed by atoms with van der Waals surface area (Å²) in [7, 11) is 0. The lowest BCUT2D eigenvalue weighted by atomic mass is 10.2. The van der Waals surface area contributed by atoms with Crippen molar-refractivity contribution in [2.24, 2.45) is 5.92 Å². The highest BCUT2D eigenvalue weighted by Gasteiger charge is 1.90. The van der Waals surface area contributed by atoms with Gasteiger partial charge in [-0.25, -0.2) is 0 Å². The molecule has 0 amide bonds. The molecule has 60 valence electrons. The molecule has 10 heavy (non-hydrogen) atoms. The maximum Gasteiger partial charge on any atom is 0.0909 e. The SMILES string of the molecule is CC(=N)NCNCC(C)C. The van der Waals surface area contributed by atoms with Gasteiger partial charge in [-0.1, -0.05) is 13.8 Å². The molecule has 0 bridgehead atoms. The van der Waals surface area contributed by atoms with Crippen LogP contribution in [-0.4, -0.2) is 19.0 Å². The van der Waals surface area contributed by atoms with Crippen LogP contribution in [0.5, 0.6) is 0 Å². The van der Waals surface area contributed by atoms with E-state index in [1.807, 2.05) is 0 Å². The molecule has 0 rings (SSSR count). The van der Waals surface area contributed by atoms with E-state index in [0.29, 0.717) is 18.4 Å². The Morgan fingerprint density at radius 3 is 2.50 bits per heavy atom. The zero-order valence-electron chi connectivity index (χ0n) is 6.99. The van der Waals surface area contributed by atoms with Crippen LogP contribution in [0.15, 0.2) is 0 Å². The molecule has 3 nitrogen and oxygen atoms in total. The lowest BCUT2D eigenvalue weighted by Crippen LogP contribution is -2.33. The van der Waals surface area contributed by atoms with Crippen LogP contribution >= 0.6 is 0 Å². The van der Waals surface area contributed by atoms with Crippen molar-refractivity contribution >= 4 is 5.84 Å². The van der Waals surface area contributed by atoms with Crippen molar-refractivity contribution in [1.82, 2.24) is 10.6 Å². The van der Waals surface area contributed by atoms with Crippen LogP contribution in [0.1, 0.15) is 20.8 Å². The Bertz CT molecular complexity index is 99.0. The maximum absolute atomic E-state index is 7.03. The van der Waals surface area contributed by atoms with Crippen molar-refractivity contribution in [2.45, 2.75) is 20.8 Å². The Balaban J connectivity index is 2.98. The van der Waals surface area contributed by atoms with Gasteiger partial charge in [-0.15, -0.1) is 0 Å². The predicted octanol–water partition coefficient (Wildman–Crippen LogP) is 0.776. The van der Waals surface area contributed by atoms with Gasteiger partial charge in [-0.3, -0.25) is 10.7 Å². The summed E-state index contributed by atoms with van der Waals surface area (Å²) < 4.78 is 0. The van der Waals surface area contributed by atoms with E-state index in [-0.39, 0.29) is 0 Å². The van der Waals surface area contributed by atoms with E-state index >= 15 is 0 Å². The molecule has 0 aromatic heterocycles. The third-order valence-electron chi connectivity index (χ3n) is 1.03. The molecule has 0 aliphatic carbocycles. The predicted molar refractivity (Wildman–Crippen MR) is 44.2 cm³/mol. The first-order chi connectivity index (χ1) is 4.63. The Hall–Kier alpha value is -0.570. The summed E-state index contributed by atoms with van der Waals surface area (Å²) in [6, 6.07) is 0. The molecule has 0 fully saturated rings. The van der Waals surface area contributed by atoms with Crippen molar-refractivity contribution in [3.8, 4) is 0 Å². The Morgan fingerprint density at radius 2 is 2.10 bits per heavy atom. The molecule has 0 heterocycles. The fraction of sp³-hybridized carbons (Fsp3) is 0.857. The smallest absolute Gasteiger partial charge is 0.0909 e. The number of amidine groups is 1. The van der Waals surface area contributed by atoms with E-state index in [1.54, 1.807) is 6.92 Å². The molecule has 0 saturated carbocycles. The highest BCUT2D eigenvalue weighted by atomic mass is 15.1. The average Bonchev–Trinajstić information content (AvgIpc) is 1.79. The van der Waals surface area contributed by atoms with Crippen LogP contribution in [0, 0.1) is 11.3 Å². The van der Waals surface area contributed by atoms with E-state index in [1.165, 1.54) is 0 Å². The van der Waals surface area contributed by atoms with Crippen molar-refractivity contribution in [3.63, 3.8) is 0 Å². The second kappa shape index (κ2) is 5.23. The van der Waals surface area contributed by atoms with Crippen LogP contribution in [0.4, 0.5) is 0 Å². The largest absolute Gasteiger partial charge is 0.362 e. The third-order valence-corrected chi connectivity index (χ3v) is 1.03. The van der Waals surface area contributed by atoms with E-state index in [2.05, 4.69) is 24.5 Å². The standard InChI is InChI=1S/C7H17N3/c1-6(2)4-9-5-10-7(3)8/h6,9H,4-5H2,1-3H3,(H2,8,10). The Labute approximate surface area is 62.7 Å². The molecular formula is C7H17N3. The molecule has 0 aromatic carbocycles. The van der Waals surface area contributed by atoms with Crippen molar-refractivity contribution < 1.29 is 0 Å². The van der Waals surface area contributed by atoms with Gasteiger partial charge in [0, 0.05) is 0 Å². The first kappa shape index (κ1) is 9.43. The van der Waals surface area contributed by atoms with Crippen molar-refractivity contribution in [1.29, 1.82) is 5.41 Å². The molecule has 3 heteroatoms. The molecule has 0 saturated heterocycles. The summed E-state index contributed by atoms with van der Waals surface area (Å²) in [6.07, 6.45) is 0. The van der Waals surface area contributed by atoms with Crippen LogP contribution in [0.25, 0.3) is 0 Å². The van der Waals surface area contributed by atoms with Gasteiger partial charge in [0.2, 0.25) is 0 Å². The summed E-state index contributed by atoms with van der Waals surface area (Å²) >= 11 is 0. The van der Waals surface area contributed by atoms with Crippen molar-refractivity contribution in [2.75, 3.05) is 13.2 Å².